The normalized spacial score (nSPS) is 30.1. The van der Waals surface area contributed by atoms with Gasteiger partial charge in [-0.25, -0.2) is 4.79 Å². The first-order valence-electron chi connectivity index (χ1n) is 7.42. The Labute approximate surface area is 122 Å². The van der Waals surface area contributed by atoms with Gasteiger partial charge in [-0.2, -0.15) is 0 Å². The number of H-pyrrole nitrogens is 1. The summed E-state index contributed by atoms with van der Waals surface area (Å²) in [6, 6.07) is 0.0626. The number of aryl methyl sites for hydroxylation is 1. The lowest BCUT2D eigenvalue weighted by molar-refractivity contribution is -0.0414. The Morgan fingerprint density at radius 3 is 2.76 bits per heavy atom. The highest BCUT2D eigenvalue weighted by atomic mass is 16.5. The topological polar surface area (TPSA) is 87.6 Å². The van der Waals surface area contributed by atoms with E-state index < -0.39 is 11.9 Å². The van der Waals surface area contributed by atoms with E-state index in [2.05, 4.69) is 9.88 Å². The van der Waals surface area contributed by atoms with Gasteiger partial charge in [0.15, 0.2) is 6.23 Å². The Bertz CT molecular complexity index is 617. The zero-order chi connectivity index (χ0) is 15.0. The van der Waals surface area contributed by atoms with E-state index in [9.17, 15) is 14.7 Å². The Balaban J connectivity index is 1.96. The van der Waals surface area contributed by atoms with Gasteiger partial charge in [0.05, 0.1) is 18.8 Å². The lowest BCUT2D eigenvalue weighted by Crippen LogP contribution is -2.42. The predicted molar refractivity (Wildman–Crippen MR) is 76.3 cm³/mol. The molecule has 1 aromatic rings. The fourth-order valence-electron chi connectivity index (χ4n) is 3.28. The minimum Gasteiger partial charge on any atom is -0.394 e. The number of rotatable bonds is 3. The van der Waals surface area contributed by atoms with E-state index in [1.807, 2.05) is 0 Å². The zero-order valence-corrected chi connectivity index (χ0v) is 12.1. The predicted octanol–water partition coefficient (Wildman–Crippen LogP) is -0.411. The Morgan fingerprint density at radius 1 is 1.38 bits per heavy atom. The Kier molecular flexibility index (Phi) is 3.97. The maximum absolute atomic E-state index is 12.1. The molecule has 0 amide bonds. The molecule has 0 aromatic carbocycles. The van der Waals surface area contributed by atoms with Crippen LogP contribution in [0.4, 0.5) is 0 Å². The van der Waals surface area contributed by atoms with Gasteiger partial charge in [0, 0.05) is 11.8 Å². The molecule has 0 spiro atoms. The number of aliphatic hydroxyl groups excluding tert-OH is 1. The van der Waals surface area contributed by atoms with Crippen molar-refractivity contribution in [2.24, 2.45) is 0 Å². The van der Waals surface area contributed by atoms with Gasteiger partial charge in [0.25, 0.3) is 5.56 Å². The van der Waals surface area contributed by atoms with Crippen LogP contribution >= 0.6 is 0 Å². The van der Waals surface area contributed by atoms with Crippen molar-refractivity contribution < 1.29 is 9.84 Å². The van der Waals surface area contributed by atoms with Gasteiger partial charge in [-0.05, 0) is 39.3 Å². The first kappa shape index (κ1) is 14.5. The highest BCUT2D eigenvalue weighted by molar-refractivity contribution is 5.03. The van der Waals surface area contributed by atoms with Gasteiger partial charge < -0.3 is 9.84 Å². The number of aliphatic hydroxyl groups is 1. The molecule has 21 heavy (non-hydrogen) atoms. The molecule has 0 radical (unpaired) electrons. The zero-order valence-electron chi connectivity index (χ0n) is 12.1. The maximum Gasteiger partial charge on any atom is 0.330 e. The van der Waals surface area contributed by atoms with E-state index in [0.29, 0.717) is 12.0 Å². The Hall–Kier alpha value is -1.44. The van der Waals surface area contributed by atoms with Crippen molar-refractivity contribution in [3.63, 3.8) is 0 Å². The summed E-state index contributed by atoms with van der Waals surface area (Å²) >= 11 is 0. The molecular weight excluding hydrogens is 274 g/mol. The van der Waals surface area contributed by atoms with Crippen molar-refractivity contribution >= 4 is 0 Å². The number of aromatic nitrogens is 2. The summed E-state index contributed by atoms with van der Waals surface area (Å²) in [4.78, 5) is 28.2. The molecule has 3 rings (SSSR count). The number of aromatic amines is 1. The average Bonchev–Trinajstić information content (AvgIpc) is 3.11. The summed E-state index contributed by atoms with van der Waals surface area (Å²) in [7, 11) is 0. The van der Waals surface area contributed by atoms with Crippen LogP contribution < -0.4 is 11.2 Å². The lowest BCUT2D eigenvalue weighted by Gasteiger charge is -2.28. The Morgan fingerprint density at radius 2 is 2.10 bits per heavy atom. The van der Waals surface area contributed by atoms with Crippen LogP contribution in [-0.2, 0) is 4.74 Å². The van der Waals surface area contributed by atoms with Crippen LogP contribution in [0.15, 0.2) is 15.8 Å². The summed E-state index contributed by atoms with van der Waals surface area (Å²) < 4.78 is 7.30. The van der Waals surface area contributed by atoms with E-state index in [1.165, 1.54) is 4.57 Å². The van der Waals surface area contributed by atoms with Crippen LogP contribution in [-0.4, -0.2) is 51.4 Å². The van der Waals surface area contributed by atoms with Crippen LogP contribution in [0, 0.1) is 6.92 Å². The highest BCUT2D eigenvalue weighted by Crippen LogP contribution is 2.33. The van der Waals surface area contributed by atoms with Crippen molar-refractivity contribution in [3.05, 3.63) is 32.6 Å². The van der Waals surface area contributed by atoms with Gasteiger partial charge in [-0.1, -0.05) is 0 Å². The number of hydrogen-bond donors (Lipinski definition) is 2. The molecule has 0 unspecified atom stereocenters. The third kappa shape index (κ3) is 2.68. The molecule has 1 aromatic heterocycles. The molecule has 3 heterocycles. The third-order valence-electron chi connectivity index (χ3n) is 4.40. The van der Waals surface area contributed by atoms with Gasteiger partial charge in [0.2, 0.25) is 0 Å². The fourth-order valence-corrected chi connectivity index (χ4v) is 3.28. The summed E-state index contributed by atoms with van der Waals surface area (Å²) in [6.07, 6.45) is 3.82. The first-order valence-corrected chi connectivity index (χ1v) is 7.42. The molecule has 0 bridgehead atoms. The fraction of sp³-hybridized carbons (Fsp3) is 0.714. The van der Waals surface area contributed by atoms with E-state index >= 15 is 0 Å². The standard InChI is InChI=1S/C14H21N3O4/c1-9-7-17(14(20)15-12(9)19)13-11(6-10(8-18)21-13)16-4-2-3-5-16/h7,10-11,13,18H,2-6,8H2,1H3,(H,15,19,20)/t10-,11+,13+/m0/s1. The minimum atomic E-state index is -0.460. The molecule has 0 saturated carbocycles. The second kappa shape index (κ2) is 5.75. The second-order valence-corrected chi connectivity index (χ2v) is 5.86. The molecule has 2 N–H and O–H groups in total. The number of likely N-dealkylation sites (tertiary alicyclic amines) is 1. The summed E-state index contributed by atoms with van der Waals surface area (Å²) in [5.74, 6) is 0. The molecule has 2 fully saturated rings. The van der Waals surface area contributed by atoms with E-state index in [4.69, 9.17) is 4.74 Å². The number of nitrogens with zero attached hydrogens (tertiary/aromatic N) is 2. The van der Waals surface area contributed by atoms with Crippen molar-refractivity contribution in [1.29, 1.82) is 0 Å². The molecule has 116 valence electrons. The van der Waals surface area contributed by atoms with Gasteiger partial charge in [-0.3, -0.25) is 19.2 Å². The van der Waals surface area contributed by atoms with Gasteiger partial charge >= 0.3 is 5.69 Å². The lowest BCUT2D eigenvalue weighted by atomic mass is 10.1. The van der Waals surface area contributed by atoms with Gasteiger partial charge in [-0.15, -0.1) is 0 Å². The van der Waals surface area contributed by atoms with Gasteiger partial charge in [0.1, 0.15) is 0 Å². The maximum atomic E-state index is 12.1. The largest absolute Gasteiger partial charge is 0.394 e. The second-order valence-electron chi connectivity index (χ2n) is 5.86. The first-order chi connectivity index (χ1) is 10.1. The number of nitrogens with one attached hydrogen (secondary N) is 1. The SMILES string of the molecule is Cc1cn([C@@H]2O[C@H](CO)C[C@H]2N2CCCC2)c(=O)[nH]c1=O. The monoisotopic (exact) mass is 295 g/mol. The molecule has 7 nitrogen and oxygen atoms in total. The van der Waals surface area contributed by atoms with Crippen molar-refractivity contribution in [1.82, 2.24) is 14.5 Å². The summed E-state index contributed by atoms with van der Waals surface area (Å²) in [6.45, 7) is 3.58. The number of hydrogen-bond acceptors (Lipinski definition) is 5. The smallest absolute Gasteiger partial charge is 0.330 e. The van der Waals surface area contributed by atoms with E-state index in [0.717, 1.165) is 25.9 Å². The van der Waals surface area contributed by atoms with E-state index in [-0.39, 0.29) is 24.3 Å². The van der Waals surface area contributed by atoms with Crippen molar-refractivity contribution in [3.8, 4) is 0 Å². The summed E-state index contributed by atoms with van der Waals surface area (Å²) in [5, 5.41) is 9.37. The van der Waals surface area contributed by atoms with Crippen molar-refractivity contribution in [2.45, 2.75) is 44.6 Å². The van der Waals surface area contributed by atoms with Crippen LogP contribution in [0.3, 0.4) is 0 Å². The van der Waals surface area contributed by atoms with Crippen LogP contribution in [0.1, 0.15) is 31.1 Å². The molecule has 3 atom stereocenters. The highest BCUT2D eigenvalue weighted by Gasteiger charge is 2.40. The van der Waals surface area contributed by atoms with Crippen LogP contribution in [0.2, 0.25) is 0 Å². The summed E-state index contributed by atoms with van der Waals surface area (Å²) in [5.41, 5.74) is -0.352. The molecule has 2 aliphatic heterocycles. The van der Waals surface area contributed by atoms with Crippen LogP contribution in [0.25, 0.3) is 0 Å². The molecular formula is C14H21N3O4. The quantitative estimate of drug-likeness (QED) is 0.791. The van der Waals surface area contributed by atoms with Crippen molar-refractivity contribution in [2.75, 3.05) is 19.7 Å². The third-order valence-corrected chi connectivity index (χ3v) is 4.40. The van der Waals surface area contributed by atoms with Crippen LogP contribution in [0.5, 0.6) is 0 Å². The average molecular weight is 295 g/mol. The number of ether oxygens (including phenoxy) is 1. The molecule has 0 aliphatic carbocycles. The molecule has 7 heteroatoms. The molecule has 2 aliphatic rings. The van der Waals surface area contributed by atoms with E-state index in [1.54, 1.807) is 13.1 Å². The molecule has 2 saturated heterocycles. The minimum absolute atomic E-state index is 0.0576.